The van der Waals surface area contributed by atoms with Gasteiger partial charge in [0.2, 0.25) is 5.91 Å². The van der Waals surface area contributed by atoms with Gasteiger partial charge in [-0.15, -0.1) is 11.3 Å². The lowest BCUT2D eigenvalue weighted by molar-refractivity contribution is -0.120. The second-order valence-corrected chi connectivity index (χ2v) is 9.17. The van der Waals surface area contributed by atoms with Crippen LogP contribution >= 0.6 is 22.9 Å². The number of carbonyl (C=O) groups is 2. The quantitative estimate of drug-likeness (QED) is 0.594. The lowest BCUT2D eigenvalue weighted by Crippen LogP contribution is -2.36. The van der Waals surface area contributed by atoms with E-state index < -0.39 is 0 Å². The Morgan fingerprint density at radius 3 is 2.67 bits per heavy atom. The molecular weight excluding hydrogens is 418 g/mol. The van der Waals surface area contributed by atoms with Crippen LogP contribution in [0.15, 0.2) is 47.8 Å². The van der Waals surface area contributed by atoms with Gasteiger partial charge in [-0.3, -0.25) is 14.9 Å². The standard InChI is InChI=1S/C23H20ClN3O2S/c1-13-10-17-11-16(6-9-20(17)27(13)22(29)15-2-3-15)19-12-30-23(25-19)26-21(28)14-4-7-18(24)8-5-14/h4-9,11-13,15H,2-3,10H2,1H3,(H,25,26,28)/t13-/m0/s1. The summed E-state index contributed by atoms with van der Waals surface area (Å²) in [6.07, 6.45) is 2.88. The average Bonchev–Trinajstić information content (AvgIpc) is 3.39. The van der Waals surface area contributed by atoms with Crippen molar-refractivity contribution in [3.05, 3.63) is 64.0 Å². The Labute approximate surface area is 183 Å². The van der Waals surface area contributed by atoms with Gasteiger partial charge in [-0.1, -0.05) is 17.7 Å². The molecule has 1 aliphatic heterocycles. The number of hydrogen-bond donors (Lipinski definition) is 1. The molecule has 152 valence electrons. The molecule has 2 aromatic carbocycles. The fourth-order valence-electron chi connectivity index (χ4n) is 3.89. The van der Waals surface area contributed by atoms with E-state index in [0.717, 1.165) is 36.2 Å². The number of thiazole rings is 1. The molecule has 0 radical (unpaired) electrons. The Balaban J connectivity index is 1.34. The number of benzene rings is 2. The SMILES string of the molecule is C[C@H]1Cc2cc(-c3csc(NC(=O)c4ccc(Cl)cc4)n3)ccc2N1C(=O)C1CC1. The van der Waals surface area contributed by atoms with Crippen LogP contribution in [-0.2, 0) is 11.2 Å². The van der Waals surface area contributed by atoms with E-state index in [1.807, 2.05) is 22.4 Å². The van der Waals surface area contributed by atoms with Crippen molar-refractivity contribution in [2.24, 2.45) is 5.92 Å². The number of halogens is 1. The summed E-state index contributed by atoms with van der Waals surface area (Å²) < 4.78 is 0. The monoisotopic (exact) mass is 437 g/mol. The van der Waals surface area contributed by atoms with E-state index in [9.17, 15) is 9.59 Å². The third-order valence-corrected chi connectivity index (χ3v) is 6.60. The zero-order valence-electron chi connectivity index (χ0n) is 16.4. The van der Waals surface area contributed by atoms with Crippen LogP contribution in [0.4, 0.5) is 10.8 Å². The van der Waals surface area contributed by atoms with E-state index in [-0.39, 0.29) is 23.8 Å². The van der Waals surface area contributed by atoms with Crippen molar-refractivity contribution in [3.63, 3.8) is 0 Å². The van der Waals surface area contributed by atoms with Crippen LogP contribution in [0.1, 0.15) is 35.7 Å². The molecule has 2 heterocycles. The second-order valence-electron chi connectivity index (χ2n) is 7.88. The zero-order chi connectivity index (χ0) is 20.8. The number of nitrogens with one attached hydrogen (secondary N) is 1. The van der Waals surface area contributed by atoms with Gasteiger partial charge in [0.05, 0.1) is 5.69 Å². The summed E-state index contributed by atoms with van der Waals surface area (Å²) in [7, 11) is 0. The van der Waals surface area contributed by atoms with Crippen LogP contribution in [0.25, 0.3) is 11.3 Å². The summed E-state index contributed by atoms with van der Waals surface area (Å²) in [6, 6.07) is 13.1. The summed E-state index contributed by atoms with van der Waals surface area (Å²) in [5.74, 6) is 0.253. The van der Waals surface area contributed by atoms with Crippen molar-refractivity contribution in [2.45, 2.75) is 32.2 Å². The van der Waals surface area contributed by atoms with E-state index in [1.54, 1.807) is 24.3 Å². The number of carbonyl (C=O) groups excluding carboxylic acids is 2. The van der Waals surface area contributed by atoms with Crippen molar-refractivity contribution >= 4 is 45.6 Å². The molecular formula is C23H20ClN3O2S. The highest BCUT2D eigenvalue weighted by molar-refractivity contribution is 7.14. The minimum atomic E-state index is -0.218. The first-order chi connectivity index (χ1) is 14.5. The van der Waals surface area contributed by atoms with Crippen LogP contribution < -0.4 is 10.2 Å². The Morgan fingerprint density at radius 1 is 1.17 bits per heavy atom. The van der Waals surface area contributed by atoms with Gasteiger partial charge in [-0.05, 0) is 68.1 Å². The van der Waals surface area contributed by atoms with Gasteiger partial charge < -0.3 is 4.90 Å². The van der Waals surface area contributed by atoms with Gasteiger partial charge in [0, 0.05) is 39.2 Å². The fraction of sp³-hybridized carbons (Fsp3) is 0.261. The molecule has 1 N–H and O–H groups in total. The molecule has 5 nitrogen and oxygen atoms in total. The Bertz CT molecular complexity index is 1140. The van der Waals surface area contributed by atoms with Crippen LogP contribution in [-0.4, -0.2) is 22.8 Å². The Hall–Kier alpha value is -2.70. The molecule has 5 rings (SSSR count). The van der Waals surface area contributed by atoms with Gasteiger partial charge in [0.15, 0.2) is 5.13 Å². The molecule has 1 aliphatic carbocycles. The number of amides is 2. The summed E-state index contributed by atoms with van der Waals surface area (Å²) in [4.78, 5) is 31.6. The molecule has 0 unspecified atom stereocenters. The first-order valence-corrected chi connectivity index (χ1v) is 11.2. The number of anilines is 2. The number of rotatable bonds is 4. The molecule has 1 fully saturated rings. The molecule has 1 atom stereocenters. The third-order valence-electron chi connectivity index (χ3n) is 5.59. The Morgan fingerprint density at radius 2 is 1.93 bits per heavy atom. The maximum absolute atomic E-state index is 12.6. The van der Waals surface area contributed by atoms with Crippen molar-refractivity contribution in [3.8, 4) is 11.3 Å². The molecule has 3 aromatic rings. The van der Waals surface area contributed by atoms with Gasteiger partial charge in [-0.25, -0.2) is 4.98 Å². The highest BCUT2D eigenvalue weighted by Crippen LogP contribution is 2.40. The van der Waals surface area contributed by atoms with E-state index >= 15 is 0 Å². The van der Waals surface area contributed by atoms with Crippen LogP contribution in [0, 0.1) is 5.92 Å². The minimum absolute atomic E-state index is 0.188. The summed E-state index contributed by atoms with van der Waals surface area (Å²) >= 11 is 7.27. The van der Waals surface area contributed by atoms with Gasteiger partial charge >= 0.3 is 0 Å². The normalized spacial score (nSPS) is 17.7. The summed E-state index contributed by atoms with van der Waals surface area (Å²) in [5.41, 5.74) is 4.53. The van der Waals surface area contributed by atoms with Crippen molar-refractivity contribution in [1.29, 1.82) is 0 Å². The van der Waals surface area contributed by atoms with Crippen LogP contribution in [0.3, 0.4) is 0 Å². The summed E-state index contributed by atoms with van der Waals surface area (Å²) in [5, 5.41) is 5.91. The summed E-state index contributed by atoms with van der Waals surface area (Å²) in [6.45, 7) is 2.10. The number of nitrogens with zero attached hydrogens (tertiary/aromatic N) is 2. The highest BCUT2D eigenvalue weighted by atomic mass is 35.5. The molecule has 2 amide bonds. The molecule has 7 heteroatoms. The minimum Gasteiger partial charge on any atom is -0.309 e. The Kier molecular flexibility index (Phi) is 4.83. The van der Waals surface area contributed by atoms with Gasteiger partial charge in [0.25, 0.3) is 5.91 Å². The van der Waals surface area contributed by atoms with Crippen LogP contribution in [0.2, 0.25) is 5.02 Å². The number of fused-ring (bicyclic) bond motifs is 1. The first-order valence-electron chi connectivity index (χ1n) is 9.98. The number of hydrogen-bond acceptors (Lipinski definition) is 4. The van der Waals surface area contributed by atoms with E-state index in [4.69, 9.17) is 11.6 Å². The molecule has 1 aromatic heterocycles. The first kappa shape index (κ1) is 19.3. The van der Waals surface area contributed by atoms with Crippen molar-refractivity contribution < 1.29 is 9.59 Å². The van der Waals surface area contributed by atoms with Gasteiger partial charge in [0.1, 0.15) is 0 Å². The largest absolute Gasteiger partial charge is 0.309 e. The van der Waals surface area contributed by atoms with E-state index in [1.165, 1.54) is 16.9 Å². The number of aromatic nitrogens is 1. The molecule has 0 bridgehead atoms. The lowest BCUT2D eigenvalue weighted by Gasteiger charge is -2.22. The van der Waals surface area contributed by atoms with Crippen molar-refractivity contribution in [1.82, 2.24) is 4.98 Å². The third kappa shape index (κ3) is 3.61. The van der Waals surface area contributed by atoms with Crippen LogP contribution in [0.5, 0.6) is 0 Å². The van der Waals surface area contributed by atoms with Crippen molar-refractivity contribution in [2.75, 3.05) is 10.2 Å². The molecule has 0 saturated heterocycles. The maximum atomic E-state index is 12.6. The van der Waals surface area contributed by atoms with E-state index in [0.29, 0.717) is 15.7 Å². The highest BCUT2D eigenvalue weighted by Gasteiger charge is 2.39. The average molecular weight is 438 g/mol. The fourth-order valence-corrected chi connectivity index (χ4v) is 4.73. The topological polar surface area (TPSA) is 62.3 Å². The smallest absolute Gasteiger partial charge is 0.257 e. The molecule has 0 spiro atoms. The lowest BCUT2D eigenvalue weighted by atomic mass is 10.1. The van der Waals surface area contributed by atoms with Gasteiger partial charge in [-0.2, -0.15) is 0 Å². The second kappa shape index (κ2) is 7.52. The maximum Gasteiger partial charge on any atom is 0.257 e. The zero-order valence-corrected chi connectivity index (χ0v) is 18.0. The molecule has 1 saturated carbocycles. The predicted octanol–water partition coefficient (Wildman–Crippen LogP) is 5.40. The van der Waals surface area contributed by atoms with E-state index in [2.05, 4.69) is 23.3 Å². The predicted molar refractivity (Wildman–Crippen MR) is 120 cm³/mol. The molecule has 2 aliphatic rings. The molecule has 30 heavy (non-hydrogen) atoms.